The van der Waals surface area contributed by atoms with Gasteiger partial charge in [-0.2, -0.15) is 0 Å². The molecule has 0 radical (unpaired) electrons. The summed E-state index contributed by atoms with van der Waals surface area (Å²) in [5.74, 6) is -1.33. The highest BCUT2D eigenvalue weighted by molar-refractivity contribution is 5.75. The molecule has 1 aromatic carbocycles. The molecular weight excluding hydrogens is 182 g/mol. The number of rotatable bonds is 4. The van der Waals surface area contributed by atoms with Gasteiger partial charge in [-0.3, -0.25) is 4.79 Å². The minimum absolute atomic E-state index is 0.363. The lowest BCUT2D eigenvalue weighted by Crippen LogP contribution is -2.08. The summed E-state index contributed by atoms with van der Waals surface area (Å²) in [4.78, 5) is 10.7. The van der Waals surface area contributed by atoms with Crippen molar-refractivity contribution in [1.82, 2.24) is 5.48 Å². The standard InChI is InChI=1S/C10H13NO3/c1-7(10(12)13)9-4-2-8(3-5-9)6-11-14/h2-5,7,11,14H,6H2,1H3,(H,12,13). The number of carboxylic acid groups (broad SMARTS) is 1. The Labute approximate surface area is 82.1 Å². The quantitative estimate of drug-likeness (QED) is 0.634. The van der Waals surface area contributed by atoms with E-state index in [1.165, 1.54) is 0 Å². The highest BCUT2D eigenvalue weighted by atomic mass is 16.5. The molecule has 0 saturated heterocycles. The van der Waals surface area contributed by atoms with E-state index in [0.29, 0.717) is 6.54 Å². The molecule has 0 saturated carbocycles. The average molecular weight is 195 g/mol. The molecule has 1 aromatic rings. The zero-order chi connectivity index (χ0) is 10.6. The first-order valence-corrected chi connectivity index (χ1v) is 4.33. The van der Waals surface area contributed by atoms with Crippen LogP contribution in [0.2, 0.25) is 0 Å². The molecule has 4 nitrogen and oxygen atoms in total. The van der Waals surface area contributed by atoms with E-state index in [-0.39, 0.29) is 0 Å². The van der Waals surface area contributed by atoms with E-state index in [4.69, 9.17) is 10.3 Å². The Morgan fingerprint density at radius 2 is 2.00 bits per heavy atom. The van der Waals surface area contributed by atoms with Crippen molar-refractivity contribution in [1.29, 1.82) is 0 Å². The summed E-state index contributed by atoms with van der Waals surface area (Å²) >= 11 is 0. The van der Waals surface area contributed by atoms with Crippen molar-refractivity contribution in [3.05, 3.63) is 35.4 Å². The summed E-state index contributed by atoms with van der Waals surface area (Å²) in [7, 11) is 0. The van der Waals surface area contributed by atoms with Crippen molar-refractivity contribution in [3.8, 4) is 0 Å². The van der Waals surface area contributed by atoms with Crippen molar-refractivity contribution < 1.29 is 15.1 Å². The van der Waals surface area contributed by atoms with Gasteiger partial charge < -0.3 is 10.3 Å². The first kappa shape index (κ1) is 10.7. The normalized spacial score (nSPS) is 12.4. The minimum atomic E-state index is -0.835. The van der Waals surface area contributed by atoms with Crippen LogP contribution in [0, 0.1) is 0 Å². The summed E-state index contributed by atoms with van der Waals surface area (Å²) < 4.78 is 0. The number of carboxylic acids is 1. The lowest BCUT2D eigenvalue weighted by atomic mass is 10.0. The van der Waals surface area contributed by atoms with E-state index < -0.39 is 11.9 Å². The van der Waals surface area contributed by atoms with Gasteiger partial charge in [0.1, 0.15) is 0 Å². The molecule has 4 heteroatoms. The van der Waals surface area contributed by atoms with Crippen LogP contribution in [0.1, 0.15) is 24.0 Å². The van der Waals surface area contributed by atoms with E-state index in [1.807, 2.05) is 5.48 Å². The van der Waals surface area contributed by atoms with Crippen molar-refractivity contribution in [2.45, 2.75) is 19.4 Å². The summed E-state index contributed by atoms with van der Waals surface area (Å²) in [6.45, 7) is 2.00. The van der Waals surface area contributed by atoms with Crippen LogP contribution < -0.4 is 5.48 Å². The number of hydrogen-bond acceptors (Lipinski definition) is 3. The molecule has 0 amide bonds. The number of benzene rings is 1. The number of hydroxylamine groups is 1. The molecule has 14 heavy (non-hydrogen) atoms. The lowest BCUT2D eigenvalue weighted by molar-refractivity contribution is -0.138. The fraction of sp³-hybridized carbons (Fsp3) is 0.300. The maximum atomic E-state index is 10.7. The van der Waals surface area contributed by atoms with Crippen molar-refractivity contribution in [2.24, 2.45) is 0 Å². The maximum absolute atomic E-state index is 10.7. The molecule has 0 spiro atoms. The molecule has 0 aliphatic rings. The van der Waals surface area contributed by atoms with E-state index in [1.54, 1.807) is 31.2 Å². The molecule has 0 aromatic heterocycles. The van der Waals surface area contributed by atoms with Crippen LogP contribution in [0.3, 0.4) is 0 Å². The van der Waals surface area contributed by atoms with Crippen molar-refractivity contribution in [2.75, 3.05) is 0 Å². The predicted octanol–water partition coefficient (Wildman–Crippen LogP) is 1.35. The Balaban J connectivity index is 2.77. The SMILES string of the molecule is CC(C(=O)O)c1ccc(CNO)cc1. The Bertz CT molecular complexity index is 308. The Morgan fingerprint density at radius 3 is 2.43 bits per heavy atom. The molecule has 0 aliphatic carbocycles. The molecular formula is C10H13NO3. The van der Waals surface area contributed by atoms with Crippen LogP contribution in [0.25, 0.3) is 0 Å². The number of aliphatic carboxylic acids is 1. The summed E-state index contributed by atoms with van der Waals surface area (Å²) in [6.07, 6.45) is 0. The smallest absolute Gasteiger partial charge is 0.310 e. The minimum Gasteiger partial charge on any atom is -0.481 e. The Hall–Kier alpha value is -1.39. The molecule has 0 heterocycles. The molecule has 1 rings (SSSR count). The van der Waals surface area contributed by atoms with Gasteiger partial charge in [0.05, 0.1) is 5.92 Å². The second kappa shape index (κ2) is 4.74. The van der Waals surface area contributed by atoms with E-state index >= 15 is 0 Å². The topological polar surface area (TPSA) is 69.6 Å². The molecule has 1 atom stereocenters. The van der Waals surface area contributed by atoms with Crippen LogP contribution >= 0.6 is 0 Å². The highest BCUT2D eigenvalue weighted by Gasteiger charge is 2.12. The predicted molar refractivity (Wildman–Crippen MR) is 51.1 cm³/mol. The van der Waals surface area contributed by atoms with Crippen molar-refractivity contribution in [3.63, 3.8) is 0 Å². The van der Waals surface area contributed by atoms with E-state index in [9.17, 15) is 4.79 Å². The van der Waals surface area contributed by atoms with Crippen LogP contribution in [0.5, 0.6) is 0 Å². The van der Waals surface area contributed by atoms with E-state index in [2.05, 4.69) is 0 Å². The second-order valence-electron chi connectivity index (χ2n) is 3.14. The Morgan fingerprint density at radius 1 is 1.43 bits per heavy atom. The number of carbonyl (C=O) groups is 1. The van der Waals surface area contributed by atoms with E-state index in [0.717, 1.165) is 11.1 Å². The van der Waals surface area contributed by atoms with Crippen molar-refractivity contribution >= 4 is 5.97 Å². The fourth-order valence-electron chi connectivity index (χ4n) is 1.16. The van der Waals surface area contributed by atoms with Gasteiger partial charge in [0.15, 0.2) is 0 Å². The zero-order valence-corrected chi connectivity index (χ0v) is 7.90. The molecule has 3 N–H and O–H groups in total. The van der Waals surface area contributed by atoms with Gasteiger partial charge >= 0.3 is 5.97 Å². The molecule has 0 aliphatic heterocycles. The van der Waals surface area contributed by atoms with Gasteiger partial charge in [-0.05, 0) is 18.1 Å². The fourth-order valence-corrected chi connectivity index (χ4v) is 1.16. The van der Waals surface area contributed by atoms with Crippen LogP contribution in [0.15, 0.2) is 24.3 Å². The van der Waals surface area contributed by atoms with Gasteiger partial charge in [0.2, 0.25) is 0 Å². The first-order chi connectivity index (χ1) is 6.65. The lowest BCUT2D eigenvalue weighted by Gasteiger charge is -2.07. The van der Waals surface area contributed by atoms with Gasteiger partial charge in [-0.15, -0.1) is 0 Å². The summed E-state index contributed by atoms with van der Waals surface area (Å²) in [5.41, 5.74) is 3.71. The van der Waals surface area contributed by atoms with Crippen LogP contribution in [-0.2, 0) is 11.3 Å². The van der Waals surface area contributed by atoms with Gasteiger partial charge in [0.25, 0.3) is 0 Å². The zero-order valence-electron chi connectivity index (χ0n) is 7.90. The van der Waals surface area contributed by atoms with Gasteiger partial charge in [-0.25, -0.2) is 5.48 Å². The maximum Gasteiger partial charge on any atom is 0.310 e. The molecule has 0 fully saturated rings. The second-order valence-corrected chi connectivity index (χ2v) is 3.14. The third kappa shape index (κ3) is 2.55. The largest absolute Gasteiger partial charge is 0.481 e. The number of hydrogen-bond donors (Lipinski definition) is 3. The molecule has 0 bridgehead atoms. The first-order valence-electron chi connectivity index (χ1n) is 4.33. The summed E-state index contributed by atoms with van der Waals surface area (Å²) in [5, 5.41) is 17.2. The Kier molecular flexibility index (Phi) is 3.62. The molecule has 76 valence electrons. The average Bonchev–Trinajstić information content (AvgIpc) is 2.18. The van der Waals surface area contributed by atoms with Crippen LogP contribution in [0.4, 0.5) is 0 Å². The number of nitrogens with one attached hydrogen (secondary N) is 1. The molecule has 1 unspecified atom stereocenters. The highest BCUT2D eigenvalue weighted by Crippen LogP contribution is 2.15. The van der Waals surface area contributed by atoms with Gasteiger partial charge in [0, 0.05) is 6.54 Å². The summed E-state index contributed by atoms with van der Waals surface area (Å²) in [6, 6.07) is 7.09. The monoisotopic (exact) mass is 195 g/mol. The van der Waals surface area contributed by atoms with Crippen LogP contribution in [-0.4, -0.2) is 16.3 Å². The van der Waals surface area contributed by atoms with Gasteiger partial charge in [-0.1, -0.05) is 24.3 Å². The third-order valence-corrected chi connectivity index (χ3v) is 2.13. The third-order valence-electron chi connectivity index (χ3n) is 2.13.